The summed E-state index contributed by atoms with van der Waals surface area (Å²) < 4.78 is 0. The summed E-state index contributed by atoms with van der Waals surface area (Å²) in [5.74, 6) is -1.63. The number of hydrogen-bond acceptors (Lipinski definition) is 3. The van der Waals surface area contributed by atoms with Crippen molar-refractivity contribution in [3.05, 3.63) is 52.0 Å². The number of halogens is 2. The van der Waals surface area contributed by atoms with Gasteiger partial charge in [0.15, 0.2) is 0 Å². The van der Waals surface area contributed by atoms with Crippen LogP contribution >= 0.6 is 23.2 Å². The molecule has 0 heterocycles. The first-order valence-electron chi connectivity index (χ1n) is 6.30. The molecule has 0 aromatic heterocycles. The Morgan fingerprint density at radius 2 is 1.41 bits per heavy atom. The fourth-order valence-electron chi connectivity index (χ4n) is 1.65. The van der Waals surface area contributed by atoms with Gasteiger partial charge in [-0.05, 0) is 42.8 Å². The number of nitrogens with two attached hydrogens (primary N) is 1. The number of rotatable bonds is 2. The molecule has 5 nitrogen and oxygen atoms in total. The van der Waals surface area contributed by atoms with Crippen LogP contribution in [0.4, 0.5) is 17.1 Å². The summed E-state index contributed by atoms with van der Waals surface area (Å²) in [6, 6.07) is 9.53. The second-order valence-electron chi connectivity index (χ2n) is 4.61. The van der Waals surface area contributed by atoms with Crippen LogP contribution in [-0.4, -0.2) is 11.8 Å². The number of hydrogen-bond donors (Lipinski definition) is 3. The smallest absolute Gasteiger partial charge is 0.314 e. The highest BCUT2D eigenvalue weighted by atomic mass is 35.5. The molecule has 2 aromatic rings. The van der Waals surface area contributed by atoms with Crippen LogP contribution in [0.1, 0.15) is 5.56 Å². The fraction of sp³-hybridized carbons (Fsp3) is 0.0667. The van der Waals surface area contributed by atoms with E-state index in [0.29, 0.717) is 27.1 Å². The third-order valence-corrected chi connectivity index (χ3v) is 3.63. The van der Waals surface area contributed by atoms with E-state index in [9.17, 15) is 9.59 Å². The average molecular weight is 338 g/mol. The molecule has 0 unspecified atom stereocenters. The van der Waals surface area contributed by atoms with Gasteiger partial charge >= 0.3 is 11.8 Å². The van der Waals surface area contributed by atoms with Crippen molar-refractivity contribution < 1.29 is 9.59 Å². The van der Waals surface area contributed by atoms with Crippen molar-refractivity contribution in [2.24, 2.45) is 0 Å². The molecule has 114 valence electrons. The number of anilines is 3. The van der Waals surface area contributed by atoms with Crippen LogP contribution in [0, 0.1) is 6.92 Å². The van der Waals surface area contributed by atoms with Crippen molar-refractivity contribution in [3.8, 4) is 0 Å². The molecule has 0 spiro atoms. The Morgan fingerprint density at radius 3 is 1.91 bits per heavy atom. The largest absolute Gasteiger partial charge is 0.398 e. The topological polar surface area (TPSA) is 84.2 Å². The Morgan fingerprint density at radius 1 is 0.909 bits per heavy atom. The molecule has 4 N–H and O–H groups in total. The van der Waals surface area contributed by atoms with Gasteiger partial charge in [0.05, 0.1) is 10.7 Å². The molecule has 0 saturated heterocycles. The first kappa shape index (κ1) is 16.1. The Kier molecular flexibility index (Phi) is 4.90. The van der Waals surface area contributed by atoms with Gasteiger partial charge in [-0.15, -0.1) is 0 Å². The molecule has 0 fully saturated rings. The second kappa shape index (κ2) is 6.68. The van der Waals surface area contributed by atoms with Crippen molar-refractivity contribution in [2.45, 2.75) is 6.92 Å². The third-order valence-electron chi connectivity index (χ3n) is 2.89. The molecule has 0 atom stereocenters. The Balaban J connectivity index is 2.04. The van der Waals surface area contributed by atoms with E-state index in [1.54, 1.807) is 24.3 Å². The van der Waals surface area contributed by atoms with E-state index in [1.165, 1.54) is 12.1 Å². The molecule has 0 saturated carbocycles. The van der Waals surface area contributed by atoms with Crippen LogP contribution in [0.15, 0.2) is 36.4 Å². The van der Waals surface area contributed by atoms with Gasteiger partial charge in [-0.25, -0.2) is 0 Å². The van der Waals surface area contributed by atoms with Gasteiger partial charge < -0.3 is 16.4 Å². The Bertz CT molecular complexity index is 684. The SMILES string of the molecule is Cc1ccc(NC(=O)C(=O)Nc2ccc(N)c(Cl)c2)cc1Cl. The number of nitrogen functional groups attached to an aromatic ring is 1. The molecule has 0 aliphatic heterocycles. The summed E-state index contributed by atoms with van der Waals surface area (Å²) in [6.45, 7) is 1.84. The minimum atomic E-state index is -0.822. The number of nitrogens with one attached hydrogen (secondary N) is 2. The molecule has 0 bridgehead atoms. The number of carbonyl (C=O) groups is 2. The standard InChI is InChI=1S/C15H13Cl2N3O2/c1-8-2-3-9(6-11(8)16)19-14(21)15(22)20-10-4-5-13(18)12(17)7-10/h2-7H,18H2,1H3,(H,19,21)(H,20,22). The molecular weight excluding hydrogens is 325 g/mol. The van der Waals surface area contributed by atoms with Crippen LogP contribution in [0.3, 0.4) is 0 Å². The lowest BCUT2D eigenvalue weighted by Crippen LogP contribution is -2.29. The summed E-state index contributed by atoms with van der Waals surface area (Å²) in [5.41, 5.74) is 7.65. The maximum absolute atomic E-state index is 11.8. The lowest BCUT2D eigenvalue weighted by Gasteiger charge is -2.08. The van der Waals surface area contributed by atoms with E-state index >= 15 is 0 Å². The maximum Gasteiger partial charge on any atom is 0.314 e. The summed E-state index contributed by atoms with van der Waals surface area (Å²) in [7, 11) is 0. The van der Waals surface area contributed by atoms with Crippen molar-refractivity contribution in [3.63, 3.8) is 0 Å². The highest BCUT2D eigenvalue weighted by Gasteiger charge is 2.14. The van der Waals surface area contributed by atoms with Gasteiger partial charge in [-0.2, -0.15) is 0 Å². The lowest BCUT2D eigenvalue weighted by molar-refractivity contribution is -0.132. The first-order chi connectivity index (χ1) is 10.4. The number of aryl methyl sites for hydroxylation is 1. The average Bonchev–Trinajstić information content (AvgIpc) is 2.46. The normalized spacial score (nSPS) is 10.1. The van der Waals surface area contributed by atoms with Crippen LogP contribution in [0.5, 0.6) is 0 Å². The predicted octanol–water partition coefficient (Wildman–Crippen LogP) is 3.46. The minimum Gasteiger partial charge on any atom is -0.398 e. The van der Waals surface area contributed by atoms with Gasteiger partial charge in [0, 0.05) is 16.4 Å². The maximum atomic E-state index is 11.8. The van der Waals surface area contributed by atoms with E-state index in [1.807, 2.05) is 6.92 Å². The lowest BCUT2D eigenvalue weighted by atomic mass is 10.2. The number of carbonyl (C=O) groups excluding carboxylic acids is 2. The zero-order chi connectivity index (χ0) is 16.3. The van der Waals surface area contributed by atoms with Crippen LogP contribution in [-0.2, 0) is 9.59 Å². The van der Waals surface area contributed by atoms with Crippen molar-refractivity contribution in [1.29, 1.82) is 0 Å². The van der Waals surface area contributed by atoms with Crippen LogP contribution < -0.4 is 16.4 Å². The van der Waals surface area contributed by atoms with E-state index < -0.39 is 11.8 Å². The van der Waals surface area contributed by atoms with E-state index in [4.69, 9.17) is 28.9 Å². The molecular formula is C15H13Cl2N3O2. The Labute approximate surface area is 137 Å². The summed E-state index contributed by atoms with van der Waals surface area (Å²) in [4.78, 5) is 23.7. The molecule has 2 amide bonds. The second-order valence-corrected chi connectivity index (χ2v) is 5.42. The quantitative estimate of drug-likeness (QED) is 0.579. The van der Waals surface area contributed by atoms with Crippen LogP contribution in [0.2, 0.25) is 10.0 Å². The van der Waals surface area contributed by atoms with Crippen molar-refractivity contribution in [1.82, 2.24) is 0 Å². The van der Waals surface area contributed by atoms with Gasteiger partial charge in [0.1, 0.15) is 0 Å². The summed E-state index contributed by atoms with van der Waals surface area (Å²) in [6.07, 6.45) is 0. The van der Waals surface area contributed by atoms with Gasteiger partial charge in [-0.1, -0.05) is 29.3 Å². The number of benzene rings is 2. The minimum absolute atomic E-state index is 0.295. The first-order valence-corrected chi connectivity index (χ1v) is 7.06. The van der Waals surface area contributed by atoms with Gasteiger partial charge in [0.2, 0.25) is 0 Å². The highest BCUT2D eigenvalue weighted by Crippen LogP contribution is 2.23. The molecule has 0 radical (unpaired) electrons. The fourth-order valence-corrected chi connectivity index (χ4v) is 2.01. The summed E-state index contributed by atoms with van der Waals surface area (Å²) >= 11 is 11.8. The predicted molar refractivity (Wildman–Crippen MR) is 89.3 cm³/mol. The summed E-state index contributed by atoms with van der Waals surface area (Å²) in [5, 5.41) is 5.69. The molecule has 0 aliphatic carbocycles. The molecule has 7 heteroatoms. The third kappa shape index (κ3) is 3.90. The van der Waals surface area contributed by atoms with Crippen LogP contribution in [0.25, 0.3) is 0 Å². The van der Waals surface area contributed by atoms with Gasteiger partial charge in [-0.3, -0.25) is 9.59 Å². The molecule has 0 aliphatic rings. The molecule has 2 rings (SSSR count). The highest BCUT2D eigenvalue weighted by molar-refractivity contribution is 6.44. The zero-order valence-electron chi connectivity index (χ0n) is 11.6. The Hall–Kier alpha value is -2.24. The molecule has 2 aromatic carbocycles. The number of amides is 2. The zero-order valence-corrected chi connectivity index (χ0v) is 13.1. The van der Waals surface area contributed by atoms with E-state index in [2.05, 4.69) is 10.6 Å². The van der Waals surface area contributed by atoms with Gasteiger partial charge in [0.25, 0.3) is 0 Å². The monoisotopic (exact) mass is 337 g/mol. The van der Waals surface area contributed by atoms with E-state index in [-0.39, 0.29) is 0 Å². The van der Waals surface area contributed by atoms with E-state index in [0.717, 1.165) is 5.56 Å². The molecule has 22 heavy (non-hydrogen) atoms. The van der Waals surface area contributed by atoms with Crippen molar-refractivity contribution in [2.75, 3.05) is 16.4 Å². The van der Waals surface area contributed by atoms with Crippen molar-refractivity contribution >= 4 is 52.1 Å².